The van der Waals surface area contributed by atoms with Crippen molar-refractivity contribution >= 4 is 5.91 Å². The Labute approximate surface area is 179 Å². The molecule has 1 aliphatic heterocycles. The highest BCUT2D eigenvalue weighted by Gasteiger charge is 2.31. The van der Waals surface area contributed by atoms with Crippen LogP contribution in [0.4, 0.5) is 13.2 Å². The molecule has 1 amide bonds. The SMILES string of the molecule is [2H]c1nc(C([2H])([2H])N2CC([2H])([2H])Oc3ccc(-c4ccc(OC(F)(F)F)cc4)cc3C2=O)nc([2H])c1[2H]. The lowest BCUT2D eigenvalue weighted by molar-refractivity contribution is -0.274. The average molecular weight is 422 g/mol. The molecule has 0 unspecified atom stereocenters. The molecule has 0 bridgehead atoms. The van der Waals surface area contributed by atoms with Gasteiger partial charge in [-0.05, 0) is 41.4 Å². The van der Waals surface area contributed by atoms with E-state index in [-0.39, 0.29) is 11.3 Å². The van der Waals surface area contributed by atoms with Crippen molar-refractivity contribution in [2.45, 2.75) is 12.9 Å². The second kappa shape index (κ2) is 8.02. The highest BCUT2D eigenvalue weighted by Crippen LogP contribution is 2.31. The van der Waals surface area contributed by atoms with Crippen molar-refractivity contribution in [1.29, 1.82) is 0 Å². The number of fused-ring (bicyclic) bond motifs is 1. The van der Waals surface area contributed by atoms with Gasteiger partial charge in [0.1, 0.15) is 23.9 Å². The van der Waals surface area contributed by atoms with Gasteiger partial charge in [0, 0.05) is 12.3 Å². The number of hydrogen-bond donors (Lipinski definition) is 0. The summed E-state index contributed by atoms with van der Waals surface area (Å²) in [4.78, 5) is 21.1. The van der Waals surface area contributed by atoms with Gasteiger partial charge >= 0.3 is 6.36 Å². The number of nitrogens with zero attached hydrogens (tertiary/aromatic N) is 3. The van der Waals surface area contributed by atoms with Gasteiger partial charge in [0.05, 0.1) is 28.2 Å². The summed E-state index contributed by atoms with van der Waals surface area (Å²) in [5.41, 5.74) is 0.445. The Morgan fingerprint density at radius 1 is 1.17 bits per heavy atom. The predicted molar refractivity (Wildman–Crippen MR) is 101 cm³/mol. The number of amides is 1. The van der Waals surface area contributed by atoms with Crippen molar-refractivity contribution in [2.75, 3.05) is 13.1 Å². The molecule has 0 atom stereocenters. The van der Waals surface area contributed by atoms with E-state index in [0.717, 1.165) is 12.1 Å². The van der Waals surface area contributed by atoms with Crippen molar-refractivity contribution in [3.8, 4) is 22.6 Å². The Kier molecular flexibility index (Phi) is 3.43. The van der Waals surface area contributed by atoms with Gasteiger partial charge in [0.15, 0.2) is 0 Å². The van der Waals surface area contributed by atoms with Gasteiger partial charge in [-0.2, -0.15) is 0 Å². The number of rotatable bonds is 4. The van der Waals surface area contributed by atoms with Crippen molar-refractivity contribution in [1.82, 2.24) is 14.9 Å². The van der Waals surface area contributed by atoms with E-state index in [2.05, 4.69) is 14.7 Å². The molecule has 9 heteroatoms. The molecule has 0 saturated carbocycles. The molecule has 0 saturated heterocycles. The lowest BCUT2D eigenvalue weighted by Gasteiger charge is -2.19. The first-order valence-electron chi connectivity index (χ1n) is 11.9. The molecule has 30 heavy (non-hydrogen) atoms. The molecule has 0 N–H and O–H groups in total. The van der Waals surface area contributed by atoms with Crippen LogP contribution in [0, 0.1) is 0 Å². The lowest BCUT2D eigenvalue weighted by Crippen LogP contribution is -2.32. The number of ether oxygens (including phenoxy) is 2. The smallest absolute Gasteiger partial charge is 0.491 e. The van der Waals surface area contributed by atoms with Gasteiger partial charge in [0.2, 0.25) is 0 Å². The highest BCUT2D eigenvalue weighted by molar-refractivity contribution is 5.98. The van der Waals surface area contributed by atoms with Gasteiger partial charge in [-0.25, -0.2) is 9.97 Å². The first-order valence-corrected chi connectivity index (χ1v) is 8.41. The molecule has 2 heterocycles. The molecule has 1 aliphatic rings. The zero-order valence-corrected chi connectivity index (χ0v) is 14.9. The third-order valence-electron chi connectivity index (χ3n) is 3.95. The Bertz CT molecular complexity index is 1350. The van der Waals surface area contributed by atoms with Crippen LogP contribution >= 0.6 is 0 Å². The minimum atomic E-state index is -4.87. The Morgan fingerprint density at radius 3 is 2.57 bits per heavy atom. The van der Waals surface area contributed by atoms with Crippen LogP contribution in [0.5, 0.6) is 11.5 Å². The molecule has 3 aromatic rings. The number of halogens is 3. The lowest BCUT2D eigenvalue weighted by atomic mass is 10.0. The van der Waals surface area contributed by atoms with Gasteiger partial charge in [-0.15, -0.1) is 13.2 Å². The topological polar surface area (TPSA) is 64.6 Å². The van der Waals surface area contributed by atoms with Crippen LogP contribution in [-0.4, -0.2) is 40.2 Å². The normalized spacial score (nSPS) is 19.5. The number of alkyl halides is 3. The summed E-state index contributed by atoms with van der Waals surface area (Å²) in [5, 5.41) is 0. The monoisotopic (exact) mass is 422 g/mol. The number of hydrogen-bond acceptors (Lipinski definition) is 5. The first-order chi connectivity index (χ1) is 17.1. The summed E-state index contributed by atoms with van der Waals surface area (Å²) in [7, 11) is 0. The van der Waals surface area contributed by atoms with Crippen molar-refractivity contribution in [2.24, 2.45) is 0 Å². The molecule has 0 aliphatic carbocycles. The van der Waals surface area contributed by atoms with E-state index >= 15 is 0 Å². The molecular formula is C21H16F3N3O3. The molecule has 0 fully saturated rings. The third-order valence-corrected chi connectivity index (χ3v) is 3.95. The summed E-state index contributed by atoms with van der Waals surface area (Å²) >= 11 is 0. The standard InChI is InChI=1S/C21H16F3N3O3/c22-21(23,24)30-16-5-2-14(3-6-16)15-4-7-18-17(12-15)20(28)27(10-11-29-18)13-19-25-8-1-9-26-19/h1-9,12H,10-11,13H2/i1D,8D,9D,11D2,13D2. The van der Waals surface area contributed by atoms with Gasteiger partial charge in [0.25, 0.3) is 5.91 Å². The van der Waals surface area contributed by atoms with E-state index in [9.17, 15) is 18.0 Å². The van der Waals surface area contributed by atoms with Crippen LogP contribution < -0.4 is 9.47 Å². The van der Waals surface area contributed by atoms with Crippen LogP contribution in [0.3, 0.4) is 0 Å². The molecule has 6 nitrogen and oxygen atoms in total. The van der Waals surface area contributed by atoms with Crippen LogP contribution in [0.1, 0.15) is 25.8 Å². The first kappa shape index (κ1) is 12.8. The van der Waals surface area contributed by atoms with Crippen LogP contribution in [0.25, 0.3) is 11.1 Å². The maximum absolute atomic E-state index is 13.5. The van der Waals surface area contributed by atoms with E-state index in [1.807, 2.05) is 0 Å². The highest BCUT2D eigenvalue weighted by atomic mass is 19.4. The minimum absolute atomic E-state index is 0.209. The molecule has 4 rings (SSSR count). The van der Waals surface area contributed by atoms with E-state index in [1.54, 1.807) is 0 Å². The number of carbonyl (C=O) groups is 1. The maximum atomic E-state index is 13.5. The fourth-order valence-electron chi connectivity index (χ4n) is 2.68. The fourth-order valence-corrected chi connectivity index (χ4v) is 2.68. The molecule has 154 valence electrons. The van der Waals surface area contributed by atoms with Crippen molar-refractivity contribution in [3.63, 3.8) is 0 Å². The Balaban J connectivity index is 1.75. The van der Waals surface area contributed by atoms with Crippen LogP contribution in [-0.2, 0) is 6.50 Å². The van der Waals surface area contributed by atoms with E-state index < -0.39 is 61.8 Å². The van der Waals surface area contributed by atoms with E-state index in [1.165, 1.54) is 30.3 Å². The molecule has 1 aromatic heterocycles. The predicted octanol–water partition coefficient (Wildman–Crippen LogP) is 4.08. The number of benzene rings is 2. The minimum Gasteiger partial charge on any atom is -0.491 e. The largest absolute Gasteiger partial charge is 0.573 e. The quantitative estimate of drug-likeness (QED) is 0.634. The molecule has 2 aromatic carbocycles. The van der Waals surface area contributed by atoms with Crippen LogP contribution in [0.2, 0.25) is 0 Å². The fraction of sp³-hybridized carbons (Fsp3) is 0.190. The van der Waals surface area contributed by atoms with E-state index in [4.69, 9.17) is 14.3 Å². The van der Waals surface area contributed by atoms with Gasteiger partial charge in [-0.1, -0.05) is 18.2 Å². The number of carbonyl (C=O) groups excluding carboxylic acids is 1. The van der Waals surface area contributed by atoms with E-state index in [0.29, 0.717) is 16.0 Å². The zero-order valence-electron chi connectivity index (χ0n) is 21.9. The third kappa shape index (κ3) is 4.51. The molecular weight excluding hydrogens is 399 g/mol. The average Bonchev–Trinajstić information content (AvgIpc) is 2.89. The summed E-state index contributed by atoms with van der Waals surface area (Å²) < 4.78 is 103. The molecule has 0 spiro atoms. The Hall–Kier alpha value is -3.62. The second-order valence-corrected chi connectivity index (χ2v) is 5.93. The molecule has 0 radical (unpaired) electrons. The van der Waals surface area contributed by atoms with Gasteiger partial charge in [-0.3, -0.25) is 4.79 Å². The van der Waals surface area contributed by atoms with Crippen molar-refractivity contribution < 1.29 is 37.0 Å². The maximum Gasteiger partial charge on any atom is 0.573 e. The van der Waals surface area contributed by atoms with Crippen LogP contribution in [0.15, 0.2) is 60.9 Å². The summed E-state index contributed by atoms with van der Waals surface area (Å²) in [6, 6.07) is 8.09. The summed E-state index contributed by atoms with van der Waals surface area (Å²) in [5.74, 6) is -2.49. The summed E-state index contributed by atoms with van der Waals surface area (Å²) in [6.45, 7) is -6.41. The zero-order chi connectivity index (χ0) is 27.3. The Morgan fingerprint density at radius 2 is 1.87 bits per heavy atom. The number of aromatic nitrogens is 2. The van der Waals surface area contributed by atoms with Crippen molar-refractivity contribution in [3.05, 3.63) is 72.2 Å². The summed E-state index contributed by atoms with van der Waals surface area (Å²) in [6.07, 6.45) is -6.37. The second-order valence-electron chi connectivity index (χ2n) is 5.93. The van der Waals surface area contributed by atoms with Gasteiger partial charge < -0.3 is 14.4 Å².